The number of sulfone groups is 1. The van der Waals surface area contributed by atoms with Crippen molar-refractivity contribution in [2.45, 2.75) is 4.90 Å². The predicted molar refractivity (Wildman–Crippen MR) is 60.3 cm³/mol. The van der Waals surface area contributed by atoms with E-state index in [9.17, 15) is 13.2 Å². The van der Waals surface area contributed by atoms with Gasteiger partial charge in [-0.2, -0.15) is 0 Å². The number of hydrogen-bond donors (Lipinski definition) is 0. The lowest BCUT2D eigenvalue weighted by atomic mass is 10.1. The van der Waals surface area contributed by atoms with Crippen molar-refractivity contribution in [3.8, 4) is 0 Å². The lowest BCUT2D eigenvalue weighted by Crippen LogP contribution is -2.03. The zero-order valence-electron chi connectivity index (χ0n) is 8.30. The highest BCUT2D eigenvalue weighted by Crippen LogP contribution is 2.30. The summed E-state index contributed by atoms with van der Waals surface area (Å²) < 4.78 is 23.4. The fraction of sp³-hybridized carbons (Fsp3) is 0.0833. The summed E-state index contributed by atoms with van der Waals surface area (Å²) in [4.78, 5) is 11.7. The van der Waals surface area contributed by atoms with Gasteiger partial charge in [-0.1, -0.05) is 24.3 Å². The number of carbonyl (C=O) groups is 1. The molecule has 0 N–H and O–H groups in total. The Bertz CT molecular complexity index is 714. The van der Waals surface area contributed by atoms with Gasteiger partial charge in [0.15, 0.2) is 15.6 Å². The maximum absolute atomic E-state index is 11.7. The van der Waals surface area contributed by atoms with Gasteiger partial charge in [-0.25, -0.2) is 8.42 Å². The second-order valence-electron chi connectivity index (χ2n) is 3.88. The van der Waals surface area contributed by atoms with Crippen LogP contribution >= 0.6 is 0 Å². The van der Waals surface area contributed by atoms with Crippen molar-refractivity contribution >= 4 is 26.4 Å². The molecule has 2 aromatic rings. The van der Waals surface area contributed by atoms with Crippen molar-refractivity contribution in [2.24, 2.45) is 0 Å². The first kappa shape index (κ1) is 9.54. The van der Waals surface area contributed by atoms with E-state index < -0.39 is 15.6 Å². The van der Waals surface area contributed by atoms with E-state index in [0.29, 0.717) is 5.56 Å². The van der Waals surface area contributed by atoms with Gasteiger partial charge in [-0.3, -0.25) is 4.79 Å². The highest BCUT2D eigenvalue weighted by molar-refractivity contribution is 7.92. The van der Waals surface area contributed by atoms with Crippen LogP contribution in [-0.2, 0) is 9.84 Å². The average molecular weight is 232 g/mol. The van der Waals surface area contributed by atoms with Crippen molar-refractivity contribution in [3.05, 3.63) is 42.0 Å². The zero-order chi connectivity index (χ0) is 11.3. The monoisotopic (exact) mass is 232 g/mol. The van der Waals surface area contributed by atoms with Crippen LogP contribution < -0.4 is 0 Å². The number of carbonyl (C=O) groups excluding carboxylic acids is 1. The summed E-state index contributed by atoms with van der Waals surface area (Å²) in [5.74, 6) is -0.695. The van der Waals surface area contributed by atoms with Gasteiger partial charge in [0.1, 0.15) is 5.75 Å². The van der Waals surface area contributed by atoms with Crippen molar-refractivity contribution in [3.63, 3.8) is 0 Å². The third-order valence-corrected chi connectivity index (χ3v) is 4.45. The molecule has 2 aromatic carbocycles. The molecular weight excluding hydrogens is 224 g/mol. The van der Waals surface area contributed by atoms with Crippen LogP contribution in [0.1, 0.15) is 10.4 Å². The van der Waals surface area contributed by atoms with Crippen LogP contribution in [0.5, 0.6) is 0 Å². The third-order valence-electron chi connectivity index (χ3n) is 2.80. The Labute approximate surface area is 92.6 Å². The molecule has 1 heterocycles. The molecule has 0 fully saturated rings. The normalized spacial score (nSPS) is 17.6. The molecule has 16 heavy (non-hydrogen) atoms. The van der Waals surface area contributed by atoms with Gasteiger partial charge in [-0.05, 0) is 22.9 Å². The summed E-state index contributed by atoms with van der Waals surface area (Å²) in [7, 11) is -3.40. The topological polar surface area (TPSA) is 51.2 Å². The van der Waals surface area contributed by atoms with E-state index in [0.717, 1.165) is 10.8 Å². The molecule has 0 aliphatic carbocycles. The fourth-order valence-corrected chi connectivity index (χ4v) is 3.49. The Morgan fingerprint density at radius 1 is 1.00 bits per heavy atom. The number of fused-ring (bicyclic) bond motifs is 2. The first-order valence-electron chi connectivity index (χ1n) is 4.87. The van der Waals surface area contributed by atoms with Crippen LogP contribution in [0.25, 0.3) is 10.8 Å². The van der Waals surface area contributed by atoms with Crippen LogP contribution in [0.2, 0.25) is 0 Å². The predicted octanol–water partition coefficient (Wildman–Crippen LogP) is 1.81. The Morgan fingerprint density at radius 2 is 1.62 bits per heavy atom. The molecule has 1 aliphatic rings. The Kier molecular flexibility index (Phi) is 1.74. The third kappa shape index (κ3) is 1.20. The zero-order valence-corrected chi connectivity index (χ0v) is 9.12. The SMILES string of the molecule is O=C1CS(=O)(=O)c2cc3ccccc3cc21. The molecule has 0 aromatic heterocycles. The largest absolute Gasteiger partial charge is 0.293 e. The van der Waals surface area contributed by atoms with Gasteiger partial charge in [-0.15, -0.1) is 0 Å². The van der Waals surface area contributed by atoms with Gasteiger partial charge >= 0.3 is 0 Å². The summed E-state index contributed by atoms with van der Waals surface area (Å²) in [5, 5.41) is 1.74. The number of ketones is 1. The molecule has 0 unspecified atom stereocenters. The van der Waals surface area contributed by atoms with E-state index >= 15 is 0 Å². The first-order chi connectivity index (χ1) is 7.58. The molecule has 0 amide bonds. The first-order valence-corrected chi connectivity index (χ1v) is 6.52. The minimum atomic E-state index is -3.40. The molecule has 3 rings (SSSR count). The highest BCUT2D eigenvalue weighted by atomic mass is 32.2. The molecule has 3 nitrogen and oxygen atoms in total. The van der Waals surface area contributed by atoms with Crippen LogP contribution in [0, 0.1) is 0 Å². The van der Waals surface area contributed by atoms with Gasteiger partial charge in [0, 0.05) is 5.56 Å². The molecule has 4 heteroatoms. The van der Waals surface area contributed by atoms with Gasteiger partial charge in [0.2, 0.25) is 0 Å². The van der Waals surface area contributed by atoms with Crippen molar-refractivity contribution in [1.82, 2.24) is 0 Å². The fourth-order valence-electron chi connectivity index (χ4n) is 2.02. The summed E-state index contributed by atoms with van der Waals surface area (Å²) in [6.45, 7) is 0. The van der Waals surface area contributed by atoms with E-state index in [1.54, 1.807) is 12.1 Å². The minimum Gasteiger partial charge on any atom is -0.293 e. The number of rotatable bonds is 0. The summed E-state index contributed by atoms with van der Waals surface area (Å²) in [5.41, 5.74) is 0.332. The highest BCUT2D eigenvalue weighted by Gasteiger charge is 2.33. The number of Topliss-reactive ketones (excluding diaryl/α,β-unsaturated/α-hetero) is 1. The molecule has 0 atom stereocenters. The van der Waals surface area contributed by atoms with E-state index in [2.05, 4.69) is 0 Å². The quantitative estimate of drug-likeness (QED) is 0.696. The number of hydrogen-bond acceptors (Lipinski definition) is 3. The molecule has 0 radical (unpaired) electrons. The lowest BCUT2D eigenvalue weighted by Gasteiger charge is -2.01. The smallest absolute Gasteiger partial charge is 0.186 e. The van der Waals surface area contributed by atoms with Crippen molar-refractivity contribution < 1.29 is 13.2 Å². The lowest BCUT2D eigenvalue weighted by molar-refractivity contribution is 0.102. The summed E-state index contributed by atoms with van der Waals surface area (Å²) in [6.07, 6.45) is 0. The van der Waals surface area contributed by atoms with E-state index in [1.807, 2.05) is 24.3 Å². The van der Waals surface area contributed by atoms with Crippen LogP contribution in [0.4, 0.5) is 0 Å². The minimum absolute atomic E-state index is 0.177. The van der Waals surface area contributed by atoms with Crippen LogP contribution in [0.15, 0.2) is 41.3 Å². The average Bonchev–Trinajstić information content (AvgIpc) is 2.47. The van der Waals surface area contributed by atoms with Crippen LogP contribution in [-0.4, -0.2) is 20.0 Å². The van der Waals surface area contributed by atoms with E-state index in [1.165, 1.54) is 0 Å². The maximum atomic E-state index is 11.7. The van der Waals surface area contributed by atoms with Gasteiger partial charge in [0.25, 0.3) is 0 Å². The standard InChI is InChI=1S/C12H8O3S/c13-11-7-16(14,15)12-6-9-4-2-1-3-8(9)5-10(11)12/h1-6H,7H2. The molecule has 0 bridgehead atoms. The van der Waals surface area contributed by atoms with Gasteiger partial charge < -0.3 is 0 Å². The Hall–Kier alpha value is -1.68. The van der Waals surface area contributed by atoms with Crippen molar-refractivity contribution in [2.75, 3.05) is 5.75 Å². The molecule has 1 aliphatic heterocycles. The summed E-state index contributed by atoms with van der Waals surface area (Å²) >= 11 is 0. The van der Waals surface area contributed by atoms with Crippen molar-refractivity contribution in [1.29, 1.82) is 0 Å². The molecular formula is C12H8O3S. The number of benzene rings is 2. The Balaban J connectivity index is 2.47. The van der Waals surface area contributed by atoms with E-state index in [4.69, 9.17) is 0 Å². The summed E-state index contributed by atoms with van der Waals surface area (Å²) in [6, 6.07) is 10.7. The Morgan fingerprint density at radius 3 is 2.31 bits per heavy atom. The maximum Gasteiger partial charge on any atom is 0.186 e. The molecule has 80 valence electrons. The molecule has 0 saturated carbocycles. The second kappa shape index (κ2) is 2.92. The van der Waals surface area contributed by atoms with Crippen LogP contribution in [0.3, 0.4) is 0 Å². The second-order valence-corrected chi connectivity index (χ2v) is 5.84. The van der Waals surface area contributed by atoms with E-state index in [-0.39, 0.29) is 10.7 Å². The van der Waals surface area contributed by atoms with Gasteiger partial charge in [0.05, 0.1) is 4.90 Å². The molecule has 0 spiro atoms. The molecule has 0 saturated heterocycles.